The molecule has 0 spiro atoms. The molecule has 6 nitrogen and oxygen atoms in total. The molecule has 1 unspecified atom stereocenters. The molecule has 0 heterocycles. The number of nitrogens with zero attached hydrogens (tertiary/aromatic N) is 3. The second kappa shape index (κ2) is 5.51. The smallest absolute Gasteiger partial charge is 0.219 e. The molecule has 6 N–H and O–H groups in total. The van der Waals surface area contributed by atoms with Gasteiger partial charge in [-0.1, -0.05) is 12.1 Å². The van der Waals surface area contributed by atoms with Crippen LogP contribution in [0, 0.1) is 11.3 Å². The second-order valence-electron chi connectivity index (χ2n) is 3.43. The lowest BCUT2D eigenvalue weighted by molar-refractivity contribution is 0.815. The maximum atomic E-state index is 8.67. The molecule has 0 saturated heterocycles. The van der Waals surface area contributed by atoms with Crippen LogP contribution in [0.15, 0.2) is 34.3 Å². The lowest BCUT2D eigenvalue weighted by atomic mass is 10.1. The quantitative estimate of drug-likeness (QED) is 0.495. The van der Waals surface area contributed by atoms with Crippen LogP contribution in [0.5, 0.6) is 0 Å². The second-order valence-corrected chi connectivity index (χ2v) is 3.43. The SMILES string of the molecule is CC(N=C(N)N=C(N)N)c1ccc(C#N)cc1. The van der Waals surface area contributed by atoms with Gasteiger partial charge in [0.25, 0.3) is 0 Å². The minimum Gasteiger partial charge on any atom is -0.370 e. The summed E-state index contributed by atoms with van der Waals surface area (Å²) in [5.74, 6) is -0.0971. The van der Waals surface area contributed by atoms with E-state index in [1.165, 1.54) is 0 Å². The van der Waals surface area contributed by atoms with Gasteiger partial charge in [0.15, 0.2) is 5.96 Å². The van der Waals surface area contributed by atoms with Crippen molar-refractivity contribution in [2.45, 2.75) is 13.0 Å². The molecule has 0 radical (unpaired) electrons. The van der Waals surface area contributed by atoms with Crippen LogP contribution in [0.4, 0.5) is 0 Å². The van der Waals surface area contributed by atoms with Crippen molar-refractivity contribution in [3.05, 3.63) is 35.4 Å². The molecule has 1 aromatic carbocycles. The predicted molar refractivity (Wildman–Crippen MR) is 67.0 cm³/mol. The maximum Gasteiger partial charge on any atom is 0.219 e. The van der Waals surface area contributed by atoms with Gasteiger partial charge in [-0.3, -0.25) is 0 Å². The van der Waals surface area contributed by atoms with Gasteiger partial charge in [0.1, 0.15) is 0 Å². The minimum atomic E-state index is -0.175. The molecule has 1 rings (SSSR count). The molecule has 88 valence electrons. The molecule has 0 aliphatic heterocycles. The average Bonchev–Trinajstić information content (AvgIpc) is 2.28. The van der Waals surface area contributed by atoms with Crippen molar-refractivity contribution in [2.24, 2.45) is 27.2 Å². The lowest BCUT2D eigenvalue weighted by Crippen LogP contribution is -2.26. The van der Waals surface area contributed by atoms with Crippen LogP contribution >= 0.6 is 0 Å². The van der Waals surface area contributed by atoms with Crippen molar-refractivity contribution in [1.82, 2.24) is 0 Å². The fourth-order valence-corrected chi connectivity index (χ4v) is 1.27. The Kier molecular flexibility index (Phi) is 4.06. The summed E-state index contributed by atoms with van der Waals surface area (Å²) in [7, 11) is 0. The fourth-order valence-electron chi connectivity index (χ4n) is 1.27. The molecule has 0 aromatic heterocycles. The third kappa shape index (κ3) is 3.83. The van der Waals surface area contributed by atoms with Crippen LogP contribution in [0.1, 0.15) is 24.1 Å². The van der Waals surface area contributed by atoms with Crippen LogP contribution < -0.4 is 17.2 Å². The van der Waals surface area contributed by atoms with Crippen molar-refractivity contribution in [1.29, 1.82) is 5.26 Å². The molecular formula is C11H14N6. The van der Waals surface area contributed by atoms with Gasteiger partial charge in [-0.15, -0.1) is 0 Å². The highest BCUT2D eigenvalue weighted by Crippen LogP contribution is 2.16. The van der Waals surface area contributed by atoms with E-state index in [2.05, 4.69) is 9.98 Å². The van der Waals surface area contributed by atoms with E-state index < -0.39 is 0 Å². The van der Waals surface area contributed by atoms with Gasteiger partial charge < -0.3 is 17.2 Å². The first kappa shape index (κ1) is 12.5. The van der Waals surface area contributed by atoms with Crippen molar-refractivity contribution in [3.8, 4) is 6.07 Å². The summed E-state index contributed by atoms with van der Waals surface area (Å²) >= 11 is 0. The third-order valence-corrected chi connectivity index (χ3v) is 2.09. The van der Waals surface area contributed by atoms with Crippen molar-refractivity contribution in [3.63, 3.8) is 0 Å². The zero-order valence-corrected chi connectivity index (χ0v) is 9.46. The fraction of sp³-hybridized carbons (Fsp3) is 0.182. The Labute approximate surface area is 99.5 Å². The van der Waals surface area contributed by atoms with E-state index in [0.29, 0.717) is 5.56 Å². The van der Waals surface area contributed by atoms with Crippen LogP contribution in [-0.2, 0) is 0 Å². The highest BCUT2D eigenvalue weighted by atomic mass is 15.1. The number of rotatable bonds is 2. The monoisotopic (exact) mass is 230 g/mol. The summed E-state index contributed by atoms with van der Waals surface area (Å²) < 4.78 is 0. The molecule has 0 saturated carbocycles. The molecule has 0 amide bonds. The van der Waals surface area contributed by atoms with E-state index in [-0.39, 0.29) is 18.0 Å². The number of guanidine groups is 2. The Morgan fingerprint density at radius 1 is 1.24 bits per heavy atom. The van der Waals surface area contributed by atoms with Gasteiger partial charge in [-0.2, -0.15) is 10.3 Å². The largest absolute Gasteiger partial charge is 0.370 e. The number of nitrogens with two attached hydrogens (primary N) is 3. The summed E-state index contributed by atoms with van der Waals surface area (Å²) in [6.07, 6.45) is 0. The minimum absolute atomic E-state index is 0.0295. The Morgan fingerprint density at radius 2 is 1.82 bits per heavy atom. The molecule has 0 bridgehead atoms. The van der Waals surface area contributed by atoms with E-state index in [4.69, 9.17) is 22.5 Å². The first-order valence-corrected chi connectivity index (χ1v) is 4.96. The van der Waals surface area contributed by atoms with E-state index in [1.807, 2.05) is 25.1 Å². The van der Waals surface area contributed by atoms with Gasteiger partial charge in [-0.25, -0.2) is 4.99 Å². The lowest BCUT2D eigenvalue weighted by Gasteiger charge is -2.06. The molecule has 1 atom stereocenters. The number of nitriles is 1. The highest BCUT2D eigenvalue weighted by Gasteiger charge is 2.04. The van der Waals surface area contributed by atoms with Crippen LogP contribution in [0.2, 0.25) is 0 Å². The van der Waals surface area contributed by atoms with Crippen molar-refractivity contribution in [2.75, 3.05) is 0 Å². The molecule has 0 fully saturated rings. The first-order valence-electron chi connectivity index (χ1n) is 4.96. The standard InChI is InChI=1S/C11H14N6/c1-7(16-11(15)17-10(13)14)9-4-2-8(6-12)3-5-9/h2-5,7H,1H3,(H6,13,14,15,16,17). The van der Waals surface area contributed by atoms with E-state index >= 15 is 0 Å². The summed E-state index contributed by atoms with van der Waals surface area (Å²) in [4.78, 5) is 7.73. The molecular weight excluding hydrogens is 216 g/mol. The van der Waals surface area contributed by atoms with Crippen LogP contribution in [0.3, 0.4) is 0 Å². The Morgan fingerprint density at radius 3 is 2.29 bits per heavy atom. The highest BCUT2D eigenvalue weighted by molar-refractivity contribution is 5.92. The topological polar surface area (TPSA) is 127 Å². The predicted octanol–water partition coefficient (Wildman–Crippen LogP) is 0.207. The van der Waals surface area contributed by atoms with Crippen LogP contribution in [-0.4, -0.2) is 11.9 Å². The molecule has 6 heteroatoms. The number of benzene rings is 1. The zero-order chi connectivity index (χ0) is 12.8. The third-order valence-electron chi connectivity index (χ3n) is 2.09. The molecule has 0 aliphatic rings. The molecule has 0 aliphatic carbocycles. The van der Waals surface area contributed by atoms with E-state index in [0.717, 1.165) is 5.56 Å². The Balaban J connectivity index is 2.86. The Bertz CT molecular complexity index is 476. The summed E-state index contributed by atoms with van der Waals surface area (Å²) in [5.41, 5.74) is 17.4. The normalized spacial score (nSPS) is 12.6. The number of hydrogen-bond acceptors (Lipinski definition) is 2. The zero-order valence-electron chi connectivity index (χ0n) is 9.46. The van der Waals surface area contributed by atoms with Gasteiger partial charge in [0.2, 0.25) is 5.96 Å². The van der Waals surface area contributed by atoms with Gasteiger partial charge in [0.05, 0.1) is 17.7 Å². The van der Waals surface area contributed by atoms with Gasteiger partial charge in [-0.05, 0) is 24.6 Å². The summed E-state index contributed by atoms with van der Waals surface area (Å²) in [5, 5.41) is 8.67. The van der Waals surface area contributed by atoms with Crippen LogP contribution in [0.25, 0.3) is 0 Å². The average molecular weight is 230 g/mol. The first-order chi connectivity index (χ1) is 8.02. The Hall–Kier alpha value is -2.55. The van der Waals surface area contributed by atoms with Crippen molar-refractivity contribution >= 4 is 11.9 Å². The molecule has 17 heavy (non-hydrogen) atoms. The summed E-state index contributed by atoms with van der Waals surface area (Å²) in [6, 6.07) is 8.94. The molecule has 1 aromatic rings. The number of aliphatic imine (C=N–C) groups is 2. The van der Waals surface area contributed by atoms with Gasteiger partial charge in [0, 0.05) is 0 Å². The summed E-state index contributed by atoms with van der Waals surface area (Å²) in [6.45, 7) is 1.86. The van der Waals surface area contributed by atoms with Crippen molar-refractivity contribution < 1.29 is 0 Å². The van der Waals surface area contributed by atoms with E-state index in [9.17, 15) is 0 Å². The van der Waals surface area contributed by atoms with E-state index in [1.54, 1.807) is 12.1 Å². The van der Waals surface area contributed by atoms with Gasteiger partial charge >= 0.3 is 0 Å². The maximum absolute atomic E-state index is 8.67. The number of hydrogen-bond donors (Lipinski definition) is 3.